The molecule has 0 saturated carbocycles. The number of carbonyl (C=O) groups excluding carboxylic acids is 1. The standard InChI is InChI=1S/C14H18ClNO3/c1-3-4-11(8-13(17)18)16-14(19)10-5-6-12(15)9(2)7-10/h5-7,11H,3-4,8H2,1-2H3,(H,16,19)(H,17,18). The van der Waals surface area contributed by atoms with Crippen molar-refractivity contribution >= 4 is 23.5 Å². The predicted octanol–water partition coefficient (Wildman–Crippen LogP) is 3.02. The number of nitrogens with one attached hydrogen (secondary N) is 1. The molecule has 0 aliphatic carbocycles. The number of aliphatic carboxylic acids is 1. The van der Waals surface area contributed by atoms with Crippen LogP contribution in [-0.4, -0.2) is 23.0 Å². The van der Waals surface area contributed by atoms with Gasteiger partial charge in [-0.3, -0.25) is 9.59 Å². The second-order valence-corrected chi connectivity index (χ2v) is 4.93. The van der Waals surface area contributed by atoms with Crippen LogP contribution in [-0.2, 0) is 4.79 Å². The van der Waals surface area contributed by atoms with Crippen molar-refractivity contribution in [2.75, 3.05) is 0 Å². The van der Waals surface area contributed by atoms with Crippen molar-refractivity contribution < 1.29 is 14.7 Å². The van der Waals surface area contributed by atoms with Crippen LogP contribution in [0.5, 0.6) is 0 Å². The molecule has 0 bridgehead atoms. The molecule has 0 fully saturated rings. The summed E-state index contributed by atoms with van der Waals surface area (Å²) in [5.74, 6) is -1.18. The quantitative estimate of drug-likeness (QED) is 0.843. The largest absolute Gasteiger partial charge is 0.481 e. The van der Waals surface area contributed by atoms with Gasteiger partial charge in [-0.25, -0.2) is 0 Å². The first kappa shape index (κ1) is 15.5. The molecule has 0 heterocycles. The van der Waals surface area contributed by atoms with E-state index in [-0.39, 0.29) is 18.4 Å². The molecular formula is C14H18ClNO3. The molecule has 1 aromatic rings. The molecule has 1 unspecified atom stereocenters. The van der Waals surface area contributed by atoms with Gasteiger partial charge >= 0.3 is 5.97 Å². The van der Waals surface area contributed by atoms with E-state index >= 15 is 0 Å². The number of aryl methyl sites for hydroxylation is 1. The third kappa shape index (κ3) is 4.91. The highest BCUT2D eigenvalue weighted by molar-refractivity contribution is 6.31. The molecule has 4 nitrogen and oxygen atoms in total. The number of carboxylic acids is 1. The predicted molar refractivity (Wildman–Crippen MR) is 74.6 cm³/mol. The van der Waals surface area contributed by atoms with Gasteiger partial charge in [-0.15, -0.1) is 0 Å². The second-order valence-electron chi connectivity index (χ2n) is 4.52. The summed E-state index contributed by atoms with van der Waals surface area (Å²) in [4.78, 5) is 22.8. The minimum atomic E-state index is -0.911. The van der Waals surface area contributed by atoms with Crippen molar-refractivity contribution in [1.82, 2.24) is 5.32 Å². The molecule has 0 aliphatic heterocycles. The maximum absolute atomic E-state index is 12.0. The number of hydrogen-bond donors (Lipinski definition) is 2. The summed E-state index contributed by atoms with van der Waals surface area (Å²) in [6.07, 6.45) is 1.40. The average molecular weight is 284 g/mol. The highest BCUT2D eigenvalue weighted by Gasteiger charge is 2.16. The Morgan fingerprint density at radius 3 is 2.63 bits per heavy atom. The molecule has 2 N–H and O–H groups in total. The Balaban J connectivity index is 2.75. The maximum Gasteiger partial charge on any atom is 0.305 e. The molecule has 5 heteroatoms. The maximum atomic E-state index is 12.0. The van der Waals surface area contributed by atoms with Gasteiger partial charge in [-0.1, -0.05) is 24.9 Å². The Kier molecular flexibility index (Phi) is 5.83. The van der Waals surface area contributed by atoms with Crippen LogP contribution in [0, 0.1) is 6.92 Å². The van der Waals surface area contributed by atoms with Crippen LogP contribution in [0.25, 0.3) is 0 Å². The van der Waals surface area contributed by atoms with Crippen molar-refractivity contribution in [2.24, 2.45) is 0 Å². The molecule has 0 aliphatic rings. The van der Waals surface area contributed by atoms with Crippen molar-refractivity contribution in [2.45, 2.75) is 39.2 Å². The molecule has 1 aromatic carbocycles. The summed E-state index contributed by atoms with van der Waals surface area (Å²) >= 11 is 5.90. The van der Waals surface area contributed by atoms with E-state index in [2.05, 4.69) is 5.32 Å². The summed E-state index contributed by atoms with van der Waals surface area (Å²) in [6.45, 7) is 3.77. The summed E-state index contributed by atoms with van der Waals surface area (Å²) < 4.78 is 0. The Bertz CT molecular complexity index is 474. The normalized spacial score (nSPS) is 11.9. The zero-order chi connectivity index (χ0) is 14.4. The first-order valence-electron chi connectivity index (χ1n) is 6.22. The third-order valence-corrected chi connectivity index (χ3v) is 3.24. The number of halogens is 1. The van der Waals surface area contributed by atoms with Crippen molar-refractivity contribution in [1.29, 1.82) is 0 Å². The highest BCUT2D eigenvalue weighted by Crippen LogP contribution is 2.16. The molecule has 1 atom stereocenters. The third-order valence-electron chi connectivity index (χ3n) is 2.81. The van der Waals surface area contributed by atoms with Crippen LogP contribution >= 0.6 is 11.6 Å². The average Bonchev–Trinajstić information content (AvgIpc) is 2.32. The van der Waals surface area contributed by atoms with Gasteiger partial charge in [0, 0.05) is 16.6 Å². The molecule has 0 aromatic heterocycles. The summed E-state index contributed by atoms with van der Waals surface area (Å²) in [7, 11) is 0. The van der Waals surface area contributed by atoms with E-state index in [0.29, 0.717) is 17.0 Å². The molecule has 0 saturated heterocycles. The van der Waals surface area contributed by atoms with Crippen molar-refractivity contribution in [3.63, 3.8) is 0 Å². The number of amides is 1. The monoisotopic (exact) mass is 283 g/mol. The highest BCUT2D eigenvalue weighted by atomic mass is 35.5. The van der Waals surface area contributed by atoms with E-state index in [1.165, 1.54) is 0 Å². The van der Waals surface area contributed by atoms with Crippen molar-refractivity contribution in [3.8, 4) is 0 Å². The van der Waals surface area contributed by atoms with E-state index in [1.54, 1.807) is 18.2 Å². The van der Waals surface area contributed by atoms with E-state index < -0.39 is 5.97 Å². The summed E-state index contributed by atoms with van der Waals surface area (Å²) in [5, 5.41) is 12.2. The molecule has 104 valence electrons. The van der Waals surface area contributed by atoms with Crippen LogP contribution in [0.4, 0.5) is 0 Å². The zero-order valence-corrected chi connectivity index (χ0v) is 11.8. The number of rotatable bonds is 6. The lowest BCUT2D eigenvalue weighted by atomic mass is 10.1. The summed E-state index contributed by atoms with van der Waals surface area (Å²) in [5.41, 5.74) is 1.31. The minimum absolute atomic E-state index is 0.0633. The van der Waals surface area contributed by atoms with E-state index in [1.807, 2.05) is 13.8 Å². The lowest BCUT2D eigenvalue weighted by Gasteiger charge is -2.16. The fraction of sp³-hybridized carbons (Fsp3) is 0.429. The van der Waals surface area contributed by atoms with Gasteiger partial charge in [0.25, 0.3) is 5.91 Å². The van der Waals surface area contributed by atoms with Crippen LogP contribution in [0.2, 0.25) is 5.02 Å². The van der Waals surface area contributed by atoms with Gasteiger partial charge in [0.1, 0.15) is 0 Å². The smallest absolute Gasteiger partial charge is 0.305 e. The van der Waals surface area contributed by atoms with Crippen LogP contribution in [0.3, 0.4) is 0 Å². The Hall–Kier alpha value is -1.55. The molecule has 1 rings (SSSR count). The minimum Gasteiger partial charge on any atom is -0.481 e. The van der Waals surface area contributed by atoms with Gasteiger partial charge in [0.15, 0.2) is 0 Å². The number of benzene rings is 1. The Labute approximate surface area is 117 Å². The fourth-order valence-corrected chi connectivity index (χ4v) is 1.96. The van der Waals surface area contributed by atoms with Gasteiger partial charge in [-0.2, -0.15) is 0 Å². The van der Waals surface area contributed by atoms with Gasteiger partial charge in [0.05, 0.1) is 6.42 Å². The topological polar surface area (TPSA) is 66.4 Å². The van der Waals surface area contributed by atoms with E-state index in [9.17, 15) is 9.59 Å². The lowest BCUT2D eigenvalue weighted by Crippen LogP contribution is -2.36. The van der Waals surface area contributed by atoms with Crippen LogP contribution in [0.1, 0.15) is 42.1 Å². The molecule has 0 spiro atoms. The number of carboxylic acid groups (broad SMARTS) is 1. The van der Waals surface area contributed by atoms with E-state index in [4.69, 9.17) is 16.7 Å². The van der Waals surface area contributed by atoms with Gasteiger partial charge in [-0.05, 0) is 37.1 Å². The SMILES string of the molecule is CCCC(CC(=O)O)NC(=O)c1ccc(Cl)c(C)c1. The van der Waals surface area contributed by atoms with Gasteiger partial charge < -0.3 is 10.4 Å². The zero-order valence-electron chi connectivity index (χ0n) is 11.1. The molecule has 1 amide bonds. The van der Waals surface area contributed by atoms with E-state index in [0.717, 1.165) is 12.0 Å². The first-order chi connectivity index (χ1) is 8.93. The van der Waals surface area contributed by atoms with Gasteiger partial charge in [0.2, 0.25) is 0 Å². The number of hydrogen-bond acceptors (Lipinski definition) is 2. The van der Waals surface area contributed by atoms with Crippen molar-refractivity contribution in [3.05, 3.63) is 34.3 Å². The summed E-state index contributed by atoms with van der Waals surface area (Å²) in [6, 6.07) is 4.65. The Morgan fingerprint density at radius 1 is 1.42 bits per heavy atom. The number of carbonyl (C=O) groups is 2. The second kappa shape index (κ2) is 7.14. The molecular weight excluding hydrogens is 266 g/mol. The fourth-order valence-electron chi connectivity index (χ4n) is 1.84. The lowest BCUT2D eigenvalue weighted by molar-refractivity contribution is -0.137. The first-order valence-corrected chi connectivity index (χ1v) is 6.60. The van der Waals surface area contributed by atoms with Crippen LogP contribution < -0.4 is 5.32 Å². The van der Waals surface area contributed by atoms with Crippen LogP contribution in [0.15, 0.2) is 18.2 Å². The molecule has 0 radical (unpaired) electrons. The Morgan fingerprint density at radius 2 is 2.11 bits per heavy atom. The molecule has 19 heavy (non-hydrogen) atoms.